The number of aromatic nitrogens is 1. The molecule has 0 radical (unpaired) electrons. The van der Waals surface area contributed by atoms with Gasteiger partial charge in [0.05, 0.1) is 11.0 Å². The van der Waals surface area contributed by atoms with E-state index in [4.69, 9.17) is 4.42 Å². The third kappa shape index (κ3) is 5.33. The van der Waals surface area contributed by atoms with Crippen molar-refractivity contribution < 1.29 is 4.42 Å². The number of rotatable bonds is 6. The summed E-state index contributed by atoms with van der Waals surface area (Å²) in [5.41, 5.74) is 12.8. The maximum atomic E-state index is 6.45. The fourth-order valence-electron chi connectivity index (χ4n) is 11.4. The van der Waals surface area contributed by atoms with Crippen molar-refractivity contribution in [3.05, 3.63) is 211 Å². The number of para-hydroxylation sites is 4. The van der Waals surface area contributed by atoms with Crippen LogP contribution < -0.4 is 10.1 Å². The first-order valence-electron chi connectivity index (χ1n) is 21.7. The Morgan fingerprint density at radius 2 is 1.43 bits per heavy atom. The second-order valence-corrected chi connectivity index (χ2v) is 21.5. The second-order valence-electron chi connectivity index (χ2n) is 17.2. The molecule has 8 aromatic rings. The van der Waals surface area contributed by atoms with Crippen LogP contribution in [0.3, 0.4) is 0 Å². The Hall–Kier alpha value is -6.62. The average Bonchev–Trinajstić information content (AvgIpc) is 3.83. The first kappa shape index (κ1) is 35.3. The normalized spacial score (nSPS) is 20.7. The van der Waals surface area contributed by atoms with Crippen LogP contribution in [0.2, 0.25) is 11.1 Å². The van der Waals surface area contributed by atoms with Crippen molar-refractivity contribution >= 4 is 79.8 Å². The number of hydrogen-bond acceptors (Lipinski definition) is 2. The lowest BCUT2D eigenvalue weighted by atomic mass is 9.95. The van der Waals surface area contributed by atoms with Crippen molar-refractivity contribution in [3.8, 4) is 0 Å². The van der Waals surface area contributed by atoms with E-state index < -0.39 is 8.07 Å². The molecule has 0 fully saturated rings. The van der Waals surface area contributed by atoms with Crippen molar-refractivity contribution in [2.24, 2.45) is 5.92 Å². The summed E-state index contributed by atoms with van der Waals surface area (Å²) in [6.07, 6.45) is 28.6. The predicted molar refractivity (Wildman–Crippen MR) is 255 cm³/mol. The Kier molecular flexibility index (Phi) is 8.24. The van der Waals surface area contributed by atoms with Gasteiger partial charge in [-0.05, 0) is 102 Å². The van der Waals surface area contributed by atoms with Crippen LogP contribution in [0, 0.1) is 5.92 Å². The van der Waals surface area contributed by atoms with Gasteiger partial charge >= 0.3 is 0 Å². The van der Waals surface area contributed by atoms with Crippen molar-refractivity contribution in [2.45, 2.75) is 43.7 Å². The molecule has 290 valence electrons. The largest absolute Gasteiger partial charge is 0.456 e. The number of nitrogens with zero attached hydrogens (tertiary/aromatic N) is 2. The molecule has 4 unspecified atom stereocenters. The quantitative estimate of drug-likeness (QED) is 0.156. The van der Waals surface area contributed by atoms with Crippen LogP contribution in [0.5, 0.6) is 0 Å². The van der Waals surface area contributed by atoms with E-state index in [1.54, 1.807) is 5.20 Å². The van der Waals surface area contributed by atoms with E-state index in [0.717, 1.165) is 47.6 Å². The van der Waals surface area contributed by atoms with Gasteiger partial charge in [0.1, 0.15) is 19.2 Å². The zero-order valence-corrected chi connectivity index (χ0v) is 34.8. The molecule has 3 heterocycles. The van der Waals surface area contributed by atoms with Gasteiger partial charge in [-0.2, -0.15) is 0 Å². The van der Waals surface area contributed by atoms with Gasteiger partial charge in [0.15, 0.2) is 0 Å². The summed E-state index contributed by atoms with van der Waals surface area (Å²) in [5, 5.41) is 7.99. The molecule has 4 aliphatic rings. The predicted octanol–water partition coefficient (Wildman–Crippen LogP) is 14.5. The van der Waals surface area contributed by atoms with Crippen LogP contribution in [0.15, 0.2) is 204 Å². The second kappa shape index (κ2) is 14.0. The Balaban J connectivity index is 1.11. The Morgan fingerprint density at radius 3 is 2.32 bits per heavy atom. The highest BCUT2D eigenvalue weighted by molar-refractivity contribution is 7.00. The van der Waals surface area contributed by atoms with E-state index in [9.17, 15) is 0 Å². The van der Waals surface area contributed by atoms with E-state index in [1.165, 1.54) is 60.9 Å². The van der Waals surface area contributed by atoms with Crippen LogP contribution in [0.25, 0.3) is 49.4 Å². The Morgan fingerprint density at radius 1 is 0.633 bits per heavy atom. The van der Waals surface area contributed by atoms with Gasteiger partial charge in [0, 0.05) is 50.7 Å². The molecule has 0 N–H and O–H groups in total. The van der Waals surface area contributed by atoms with E-state index in [2.05, 4.69) is 211 Å². The number of allylic oxidation sites excluding steroid dienone is 12. The molecule has 1 aliphatic heterocycles. The van der Waals surface area contributed by atoms with Gasteiger partial charge in [-0.1, -0.05) is 157 Å². The molecular weight excluding hydrogens is 745 g/mol. The third-order valence-corrected chi connectivity index (χ3v) is 20.1. The molecule has 0 bridgehead atoms. The molecule has 4 atom stereocenters. The van der Waals surface area contributed by atoms with Gasteiger partial charge in [0.25, 0.3) is 0 Å². The van der Waals surface area contributed by atoms with Gasteiger partial charge in [0.2, 0.25) is 0 Å². The smallest absolute Gasteiger partial charge is 0.136 e. The van der Waals surface area contributed by atoms with E-state index >= 15 is 0 Å². The molecule has 3 aliphatic carbocycles. The number of anilines is 3. The van der Waals surface area contributed by atoms with Crippen LogP contribution in [0.1, 0.15) is 37.3 Å². The molecule has 0 amide bonds. The van der Waals surface area contributed by atoms with Gasteiger partial charge < -0.3 is 13.9 Å². The molecule has 3 nitrogen and oxygen atoms in total. The van der Waals surface area contributed by atoms with E-state index in [-0.39, 0.29) is 0 Å². The molecule has 2 aromatic heterocycles. The van der Waals surface area contributed by atoms with Gasteiger partial charge in [-0.3, -0.25) is 0 Å². The standard InChI is InChI=1S/C56H46N2OSi/c1-38-17-8-15-30-56(38)60(43-22-6-3-7-23-43,45-32-31-40-33-39-18-9-12-27-50(39)57(52(40)35-45)41-19-4-2-5-20-41)44-24-16-21-42(34-44)58-51-28-13-10-25-46(51)48-37-55-49(36-53(48)58)47-26-11-14-29-54(47)59-55/h2-6,8-22,25-32,34-38,44,56H,7,23-24,33H2,1H3. The zero-order chi connectivity index (χ0) is 39.8. The maximum absolute atomic E-state index is 6.45. The Labute approximate surface area is 352 Å². The first-order chi connectivity index (χ1) is 29.7. The molecule has 12 rings (SSSR count). The molecular formula is C56H46N2OSi. The van der Waals surface area contributed by atoms with Gasteiger partial charge in [-0.25, -0.2) is 0 Å². The fourth-order valence-corrected chi connectivity index (χ4v) is 17.9. The van der Waals surface area contributed by atoms with Crippen molar-refractivity contribution in [2.75, 3.05) is 4.90 Å². The summed E-state index contributed by atoms with van der Waals surface area (Å²) in [5.74, 6) is 0.397. The van der Waals surface area contributed by atoms with Crippen LogP contribution in [-0.2, 0) is 6.42 Å². The summed E-state index contributed by atoms with van der Waals surface area (Å²) in [6, 6.07) is 49.7. The first-order valence-corrected chi connectivity index (χ1v) is 23.8. The lowest BCUT2D eigenvalue weighted by molar-refractivity contribution is 0.669. The monoisotopic (exact) mass is 790 g/mol. The van der Waals surface area contributed by atoms with Crippen molar-refractivity contribution in [1.82, 2.24) is 4.57 Å². The van der Waals surface area contributed by atoms with Crippen molar-refractivity contribution in [3.63, 3.8) is 0 Å². The molecule has 0 saturated carbocycles. The van der Waals surface area contributed by atoms with Crippen LogP contribution >= 0.6 is 0 Å². The summed E-state index contributed by atoms with van der Waals surface area (Å²) in [4.78, 5) is 2.53. The fraction of sp³-hybridized carbons (Fsp3) is 0.143. The molecule has 0 spiro atoms. The SMILES string of the molecule is CC1C=CC=CC1[Si](C1=CC=CCC1)(c1ccc2c(c1)N(c1ccccc1)c1ccccc1C2)C1C=C(n2c3ccccc3c3cc4oc5ccccc5c4cc32)C=CC1. The number of fused-ring (bicyclic) bond motifs is 8. The lowest BCUT2D eigenvalue weighted by Crippen LogP contribution is -2.59. The van der Waals surface area contributed by atoms with Gasteiger partial charge in [-0.15, -0.1) is 0 Å². The number of benzene rings is 6. The van der Waals surface area contributed by atoms with E-state index in [0.29, 0.717) is 17.0 Å². The number of hydrogen-bond donors (Lipinski definition) is 0. The Bertz CT molecular complexity index is 3210. The minimum absolute atomic E-state index is 0.313. The average molecular weight is 791 g/mol. The summed E-state index contributed by atoms with van der Waals surface area (Å²) in [7, 11) is -2.68. The van der Waals surface area contributed by atoms with Crippen LogP contribution in [-0.4, -0.2) is 12.6 Å². The van der Waals surface area contributed by atoms with Crippen molar-refractivity contribution in [1.29, 1.82) is 0 Å². The molecule has 4 heteroatoms. The summed E-state index contributed by atoms with van der Waals surface area (Å²) >= 11 is 0. The van der Waals surface area contributed by atoms with E-state index in [1.807, 2.05) is 0 Å². The molecule has 60 heavy (non-hydrogen) atoms. The summed E-state index contributed by atoms with van der Waals surface area (Å²) in [6.45, 7) is 2.47. The lowest BCUT2D eigenvalue weighted by Gasteiger charge is -2.49. The molecule has 0 saturated heterocycles. The highest BCUT2D eigenvalue weighted by Gasteiger charge is 2.52. The number of furan rings is 1. The highest BCUT2D eigenvalue weighted by atomic mass is 28.3. The zero-order valence-electron chi connectivity index (χ0n) is 33.8. The maximum Gasteiger partial charge on any atom is 0.136 e. The molecule has 6 aromatic carbocycles. The minimum Gasteiger partial charge on any atom is -0.456 e. The highest BCUT2D eigenvalue weighted by Crippen LogP contribution is 2.53. The summed E-state index contributed by atoms with van der Waals surface area (Å²) < 4.78 is 9.00. The topological polar surface area (TPSA) is 21.3 Å². The minimum atomic E-state index is -2.68. The third-order valence-electron chi connectivity index (χ3n) is 14.0. The van der Waals surface area contributed by atoms with Crippen LogP contribution in [0.4, 0.5) is 17.1 Å².